The maximum absolute atomic E-state index is 12.8. The molecule has 0 radical (unpaired) electrons. The van der Waals surface area contributed by atoms with Gasteiger partial charge in [0.05, 0.1) is 22.0 Å². The Bertz CT molecular complexity index is 1250. The molecular weight excluding hydrogens is 476 g/mol. The molecular formula is C23H27ClN6O3S. The van der Waals surface area contributed by atoms with Gasteiger partial charge in [0, 0.05) is 37.6 Å². The van der Waals surface area contributed by atoms with Crippen molar-refractivity contribution in [2.45, 2.75) is 24.0 Å². The molecule has 180 valence electrons. The number of rotatable bonds is 7. The maximum Gasteiger partial charge on any atom is 0.229 e. The molecule has 0 spiro atoms. The SMILES string of the molecule is CC(C)S(=O)(=O)c1ccccc1Nc1nc(Nc2ccc(N3CCN(O)CC3)cc2)ncc1Cl. The molecule has 0 aliphatic carbocycles. The molecule has 0 atom stereocenters. The van der Waals surface area contributed by atoms with Gasteiger partial charge in [-0.15, -0.1) is 0 Å². The zero-order valence-corrected chi connectivity index (χ0v) is 20.5. The highest BCUT2D eigenvalue weighted by atomic mass is 35.5. The van der Waals surface area contributed by atoms with E-state index < -0.39 is 15.1 Å². The summed E-state index contributed by atoms with van der Waals surface area (Å²) in [6.07, 6.45) is 1.46. The van der Waals surface area contributed by atoms with Crippen molar-refractivity contribution in [3.05, 3.63) is 59.8 Å². The highest BCUT2D eigenvalue weighted by molar-refractivity contribution is 7.92. The summed E-state index contributed by atoms with van der Waals surface area (Å²) in [5.41, 5.74) is 2.26. The minimum absolute atomic E-state index is 0.187. The summed E-state index contributed by atoms with van der Waals surface area (Å²) in [4.78, 5) is 11.1. The zero-order valence-electron chi connectivity index (χ0n) is 18.9. The Labute approximate surface area is 204 Å². The molecule has 0 bridgehead atoms. The van der Waals surface area contributed by atoms with Crippen LogP contribution in [-0.2, 0) is 9.84 Å². The van der Waals surface area contributed by atoms with E-state index in [1.807, 2.05) is 24.3 Å². The van der Waals surface area contributed by atoms with Gasteiger partial charge in [0.1, 0.15) is 5.02 Å². The predicted octanol–water partition coefficient (Wildman–Crippen LogP) is 4.31. The number of halogens is 1. The van der Waals surface area contributed by atoms with Crippen molar-refractivity contribution >= 4 is 50.3 Å². The molecule has 0 unspecified atom stereocenters. The summed E-state index contributed by atoms with van der Waals surface area (Å²) < 4.78 is 25.5. The molecule has 0 saturated carbocycles. The minimum Gasteiger partial charge on any atom is -0.369 e. The molecule has 3 N–H and O–H groups in total. The van der Waals surface area contributed by atoms with Crippen molar-refractivity contribution in [3.8, 4) is 0 Å². The zero-order chi connectivity index (χ0) is 24.3. The van der Waals surface area contributed by atoms with Crippen LogP contribution in [0, 0.1) is 0 Å². The van der Waals surface area contributed by atoms with Crippen molar-refractivity contribution in [3.63, 3.8) is 0 Å². The normalized spacial score (nSPS) is 14.9. The van der Waals surface area contributed by atoms with Gasteiger partial charge in [-0.05, 0) is 50.2 Å². The number of benzene rings is 2. The summed E-state index contributed by atoms with van der Waals surface area (Å²) in [7, 11) is -3.50. The largest absolute Gasteiger partial charge is 0.369 e. The van der Waals surface area contributed by atoms with Crippen molar-refractivity contribution in [2.24, 2.45) is 0 Å². The van der Waals surface area contributed by atoms with Crippen LogP contribution in [0.5, 0.6) is 0 Å². The first-order chi connectivity index (χ1) is 16.2. The van der Waals surface area contributed by atoms with Crippen LogP contribution in [0.4, 0.5) is 28.8 Å². The van der Waals surface area contributed by atoms with Crippen LogP contribution in [0.15, 0.2) is 59.6 Å². The van der Waals surface area contributed by atoms with Gasteiger partial charge < -0.3 is 20.7 Å². The summed E-state index contributed by atoms with van der Waals surface area (Å²) >= 11 is 6.30. The first-order valence-corrected chi connectivity index (χ1v) is 12.8. The number of sulfone groups is 1. The molecule has 2 heterocycles. The molecule has 0 amide bonds. The van der Waals surface area contributed by atoms with E-state index in [0.717, 1.165) is 24.5 Å². The molecule has 1 saturated heterocycles. The van der Waals surface area contributed by atoms with Crippen LogP contribution >= 0.6 is 11.6 Å². The highest BCUT2D eigenvalue weighted by Crippen LogP contribution is 2.30. The third-order valence-electron chi connectivity index (χ3n) is 5.56. The van der Waals surface area contributed by atoms with Crippen molar-refractivity contribution in [1.82, 2.24) is 15.0 Å². The van der Waals surface area contributed by atoms with Crippen molar-refractivity contribution in [2.75, 3.05) is 41.7 Å². The lowest BCUT2D eigenvalue weighted by Gasteiger charge is -2.32. The number of hydrogen-bond acceptors (Lipinski definition) is 9. The Hall–Kier alpha value is -2.92. The number of nitrogens with one attached hydrogen (secondary N) is 2. The Balaban J connectivity index is 1.52. The average Bonchev–Trinajstić information content (AvgIpc) is 2.82. The fourth-order valence-electron chi connectivity index (χ4n) is 3.55. The monoisotopic (exact) mass is 502 g/mol. The molecule has 3 aromatic rings. The molecule has 11 heteroatoms. The van der Waals surface area contributed by atoms with E-state index in [1.54, 1.807) is 38.1 Å². The van der Waals surface area contributed by atoms with Gasteiger partial charge in [-0.1, -0.05) is 23.7 Å². The third kappa shape index (κ3) is 5.41. The van der Waals surface area contributed by atoms with Crippen LogP contribution in [0.1, 0.15) is 13.8 Å². The van der Waals surface area contributed by atoms with Gasteiger partial charge in [-0.25, -0.2) is 13.4 Å². The van der Waals surface area contributed by atoms with Gasteiger partial charge in [0.25, 0.3) is 0 Å². The molecule has 1 fully saturated rings. The van der Waals surface area contributed by atoms with E-state index in [4.69, 9.17) is 11.6 Å². The second-order valence-electron chi connectivity index (χ2n) is 8.22. The first kappa shape index (κ1) is 24.2. The highest BCUT2D eigenvalue weighted by Gasteiger charge is 2.23. The first-order valence-electron chi connectivity index (χ1n) is 10.9. The number of aromatic nitrogens is 2. The summed E-state index contributed by atoms with van der Waals surface area (Å²) in [5.74, 6) is 0.613. The van der Waals surface area contributed by atoms with Gasteiger partial charge in [0.15, 0.2) is 15.7 Å². The second kappa shape index (κ2) is 10.1. The number of piperazine rings is 1. The molecule has 34 heavy (non-hydrogen) atoms. The molecule has 9 nitrogen and oxygen atoms in total. The molecule has 2 aromatic carbocycles. The van der Waals surface area contributed by atoms with Crippen molar-refractivity contribution < 1.29 is 13.6 Å². The molecule has 1 aromatic heterocycles. The Morgan fingerprint density at radius 2 is 1.68 bits per heavy atom. The van der Waals surface area contributed by atoms with Gasteiger partial charge in [0.2, 0.25) is 5.95 Å². The number of hydroxylamine groups is 2. The van der Waals surface area contributed by atoms with Crippen LogP contribution in [0.3, 0.4) is 0 Å². The van der Waals surface area contributed by atoms with Gasteiger partial charge >= 0.3 is 0 Å². The molecule has 1 aliphatic heterocycles. The lowest BCUT2D eigenvalue weighted by molar-refractivity contribution is -0.0935. The lowest BCUT2D eigenvalue weighted by Crippen LogP contribution is -2.44. The van der Waals surface area contributed by atoms with E-state index in [1.165, 1.54) is 11.3 Å². The number of para-hydroxylation sites is 1. The number of anilines is 5. The number of hydrogen-bond donors (Lipinski definition) is 3. The summed E-state index contributed by atoms with van der Waals surface area (Å²) in [6.45, 7) is 6.01. The van der Waals surface area contributed by atoms with Crippen LogP contribution in [0.25, 0.3) is 0 Å². The topological polar surface area (TPSA) is 111 Å². The van der Waals surface area contributed by atoms with Crippen molar-refractivity contribution in [1.29, 1.82) is 0 Å². The van der Waals surface area contributed by atoms with E-state index in [-0.39, 0.29) is 9.92 Å². The van der Waals surface area contributed by atoms with Crippen LogP contribution in [-0.4, -0.2) is 60.1 Å². The lowest BCUT2D eigenvalue weighted by atomic mass is 10.2. The van der Waals surface area contributed by atoms with Gasteiger partial charge in [-0.3, -0.25) is 0 Å². The van der Waals surface area contributed by atoms with E-state index in [2.05, 4.69) is 25.5 Å². The van der Waals surface area contributed by atoms with E-state index >= 15 is 0 Å². The summed E-state index contributed by atoms with van der Waals surface area (Å²) in [5, 5.41) is 16.8. The fourth-order valence-corrected chi connectivity index (χ4v) is 4.89. The average molecular weight is 503 g/mol. The quantitative estimate of drug-likeness (QED) is 0.435. The van der Waals surface area contributed by atoms with Crippen LogP contribution < -0.4 is 15.5 Å². The smallest absolute Gasteiger partial charge is 0.229 e. The Morgan fingerprint density at radius 1 is 1.00 bits per heavy atom. The maximum atomic E-state index is 12.8. The van der Waals surface area contributed by atoms with Gasteiger partial charge in [-0.2, -0.15) is 10.0 Å². The fraction of sp³-hybridized carbons (Fsp3) is 0.304. The minimum atomic E-state index is -3.50. The second-order valence-corrected chi connectivity index (χ2v) is 11.1. The summed E-state index contributed by atoms with van der Waals surface area (Å²) in [6, 6.07) is 14.5. The van der Waals surface area contributed by atoms with Crippen LogP contribution in [0.2, 0.25) is 5.02 Å². The molecule has 1 aliphatic rings. The van der Waals surface area contributed by atoms with E-state index in [9.17, 15) is 13.6 Å². The Kier molecular flexibility index (Phi) is 7.22. The standard InChI is InChI=1S/C23H27ClN6O3S/c1-16(2)34(32,33)21-6-4-3-5-20(21)27-22-19(24)15-25-23(28-22)26-17-7-9-18(10-8-17)29-11-13-30(31)14-12-29/h3-10,15-16,31H,11-14H2,1-2H3,(H2,25,26,27,28). The van der Waals surface area contributed by atoms with E-state index in [0.29, 0.717) is 30.5 Å². The molecule has 4 rings (SSSR count). The Morgan fingerprint density at radius 3 is 2.35 bits per heavy atom. The third-order valence-corrected chi connectivity index (χ3v) is 8.04. The predicted molar refractivity (Wildman–Crippen MR) is 134 cm³/mol. The number of nitrogens with zero attached hydrogens (tertiary/aromatic N) is 4.